The summed E-state index contributed by atoms with van der Waals surface area (Å²) in [6.07, 6.45) is -0.692. The van der Waals surface area contributed by atoms with Gasteiger partial charge in [0, 0.05) is 25.8 Å². The van der Waals surface area contributed by atoms with Crippen molar-refractivity contribution in [2.45, 2.75) is 61.9 Å². The third kappa shape index (κ3) is 8.75. The summed E-state index contributed by atoms with van der Waals surface area (Å²) in [5, 5.41) is 23.7. The molecule has 1 aliphatic heterocycles. The molecule has 0 radical (unpaired) electrons. The zero-order chi connectivity index (χ0) is 30.9. The molecule has 11 nitrogen and oxygen atoms in total. The lowest BCUT2D eigenvalue weighted by molar-refractivity contribution is -0.147. The Morgan fingerprint density at radius 2 is 1.86 bits per heavy atom. The predicted molar refractivity (Wildman–Crippen MR) is 158 cm³/mol. The van der Waals surface area contributed by atoms with Gasteiger partial charge in [0.1, 0.15) is 11.1 Å². The number of rotatable bonds is 14. The van der Waals surface area contributed by atoms with Crippen LogP contribution in [-0.2, 0) is 32.3 Å². The van der Waals surface area contributed by atoms with E-state index in [1.165, 1.54) is 6.07 Å². The van der Waals surface area contributed by atoms with Gasteiger partial charge < -0.3 is 14.7 Å². The van der Waals surface area contributed by atoms with Gasteiger partial charge in [-0.3, -0.25) is 20.3 Å². The van der Waals surface area contributed by atoms with Gasteiger partial charge in [-0.1, -0.05) is 44.2 Å². The van der Waals surface area contributed by atoms with E-state index in [1.807, 2.05) is 36.4 Å². The van der Waals surface area contributed by atoms with Crippen LogP contribution in [0.4, 0.5) is 0 Å². The Morgan fingerprint density at radius 3 is 2.50 bits per heavy atom. The lowest BCUT2D eigenvalue weighted by atomic mass is 9.99. The molecule has 228 valence electrons. The Balaban J connectivity index is 1.89. The van der Waals surface area contributed by atoms with E-state index in [9.17, 15) is 23.1 Å². The molecule has 42 heavy (non-hydrogen) atoms. The van der Waals surface area contributed by atoms with Crippen LogP contribution in [0.25, 0.3) is 0 Å². The van der Waals surface area contributed by atoms with Gasteiger partial charge in [0.2, 0.25) is 5.91 Å². The fraction of sp³-hybridized carbons (Fsp3) is 0.500. The highest BCUT2D eigenvalue weighted by molar-refractivity contribution is 7.92. The van der Waals surface area contributed by atoms with E-state index in [-0.39, 0.29) is 43.2 Å². The molecule has 0 fully saturated rings. The minimum Gasteiger partial charge on any atom is -0.493 e. The monoisotopic (exact) mass is 599 g/mol. The van der Waals surface area contributed by atoms with Crippen LogP contribution in [0.5, 0.6) is 5.75 Å². The van der Waals surface area contributed by atoms with Crippen LogP contribution >= 0.6 is 0 Å². The molecule has 2 unspecified atom stereocenters. The molecule has 2 aromatic rings. The maximum Gasteiger partial charge on any atom is 0.252 e. The number of hydrazine groups is 1. The van der Waals surface area contributed by atoms with Crippen molar-refractivity contribution in [2.24, 2.45) is 5.92 Å². The Morgan fingerprint density at radius 1 is 1.14 bits per heavy atom. The topological polar surface area (TPSA) is 152 Å². The Hall–Kier alpha value is -3.50. The van der Waals surface area contributed by atoms with Crippen molar-refractivity contribution in [1.82, 2.24) is 20.7 Å². The number of sulfone groups is 1. The molecular formula is C30H41N5O6S. The second kappa shape index (κ2) is 15.1. The van der Waals surface area contributed by atoms with Gasteiger partial charge in [-0.25, -0.2) is 13.4 Å². The number of nitrogens with zero attached hydrogens (tertiary/aromatic N) is 3. The molecule has 2 amide bonds. The van der Waals surface area contributed by atoms with Crippen molar-refractivity contribution >= 4 is 21.7 Å². The number of benzene rings is 2. The van der Waals surface area contributed by atoms with E-state index in [0.29, 0.717) is 18.8 Å². The molecule has 0 aromatic heterocycles. The van der Waals surface area contributed by atoms with E-state index in [2.05, 4.69) is 10.7 Å². The molecule has 3 N–H and O–H groups in total. The van der Waals surface area contributed by atoms with Gasteiger partial charge in [-0.05, 0) is 55.8 Å². The van der Waals surface area contributed by atoms with Crippen LogP contribution in [0.3, 0.4) is 0 Å². The molecule has 1 heterocycles. The first-order chi connectivity index (χ1) is 19.9. The number of aliphatic hydroxyl groups excluding tert-OH is 1. The highest BCUT2D eigenvalue weighted by Gasteiger charge is 2.35. The minimum absolute atomic E-state index is 0.00603. The van der Waals surface area contributed by atoms with Crippen LogP contribution in [0, 0.1) is 17.2 Å². The highest BCUT2D eigenvalue weighted by Crippen LogP contribution is 2.30. The average Bonchev–Trinajstić information content (AvgIpc) is 3.41. The van der Waals surface area contributed by atoms with Gasteiger partial charge in [-0.15, -0.1) is 0 Å². The van der Waals surface area contributed by atoms with Gasteiger partial charge in [0.25, 0.3) is 5.91 Å². The number of fused-ring (bicyclic) bond motifs is 1. The highest BCUT2D eigenvalue weighted by atomic mass is 32.2. The predicted octanol–water partition coefficient (Wildman–Crippen LogP) is 1.66. The SMILES string of the molecule is CC(C)C(NC[C@@H](O)C(Cc1ccccc1)N(NC(=O)CN(C)C)C(=O)CCC#N)S(=O)(=O)c1ccc2c(c1)CCO2. The molecule has 1 aliphatic rings. The van der Waals surface area contributed by atoms with Crippen LogP contribution in [-0.4, -0.2) is 86.6 Å². The number of aliphatic hydroxyl groups is 1. The number of carbonyl (C=O) groups excluding carboxylic acids is 2. The van der Waals surface area contributed by atoms with E-state index in [1.54, 1.807) is 45.0 Å². The van der Waals surface area contributed by atoms with Crippen LogP contribution in [0.15, 0.2) is 53.4 Å². The second-order valence-corrected chi connectivity index (χ2v) is 13.1. The van der Waals surface area contributed by atoms with Crippen molar-refractivity contribution in [1.29, 1.82) is 5.26 Å². The summed E-state index contributed by atoms with van der Waals surface area (Å²) in [7, 11) is -0.432. The lowest BCUT2D eigenvalue weighted by Crippen LogP contribution is -2.60. The summed E-state index contributed by atoms with van der Waals surface area (Å²) < 4.78 is 32.9. The smallest absolute Gasteiger partial charge is 0.252 e. The van der Waals surface area contributed by atoms with Crippen molar-refractivity contribution in [3.63, 3.8) is 0 Å². The standard InChI is InChI=1S/C30H41N5O6S/c1-21(2)30(42(39,40)24-12-13-27-23(18-24)14-16-41-27)32-19-26(36)25(17-22-9-6-5-7-10-22)35(29(38)11-8-15-31)33-28(37)20-34(3)4/h5-7,9-10,12-13,18,21,25-26,30,32,36H,8,11,14,16-17,19-20H2,1-4H3,(H,33,37)/t25?,26-,30?/m1/s1. The van der Waals surface area contributed by atoms with Gasteiger partial charge >= 0.3 is 0 Å². The summed E-state index contributed by atoms with van der Waals surface area (Å²) >= 11 is 0. The molecule has 0 spiro atoms. The van der Waals surface area contributed by atoms with E-state index in [4.69, 9.17) is 10.00 Å². The third-order valence-electron chi connectivity index (χ3n) is 6.95. The van der Waals surface area contributed by atoms with Gasteiger partial charge in [-0.2, -0.15) is 5.26 Å². The number of nitrogens with one attached hydrogen (secondary N) is 2. The number of hydrogen-bond acceptors (Lipinski definition) is 9. The molecule has 0 saturated heterocycles. The fourth-order valence-electron chi connectivity index (χ4n) is 4.89. The zero-order valence-corrected chi connectivity index (χ0v) is 25.4. The number of amides is 2. The maximum absolute atomic E-state index is 13.7. The normalized spacial score (nSPS) is 14.9. The molecular weight excluding hydrogens is 558 g/mol. The molecule has 0 bridgehead atoms. The summed E-state index contributed by atoms with van der Waals surface area (Å²) in [5.74, 6) is -0.670. The minimum atomic E-state index is -3.85. The molecule has 12 heteroatoms. The first-order valence-corrected chi connectivity index (χ1v) is 15.6. The summed E-state index contributed by atoms with van der Waals surface area (Å²) in [6, 6.07) is 15.0. The van der Waals surface area contributed by atoms with Crippen molar-refractivity contribution in [2.75, 3.05) is 33.8 Å². The third-order valence-corrected chi connectivity index (χ3v) is 9.24. The van der Waals surface area contributed by atoms with Crippen molar-refractivity contribution in [3.05, 3.63) is 59.7 Å². The molecule has 3 atom stereocenters. The Labute approximate surface area is 248 Å². The Kier molecular flexibility index (Phi) is 11.9. The average molecular weight is 600 g/mol. The first-order valence-electron chi connectivity index (χ1n) is 14.0. The number of carbonyl (C=O) groups is 2. The summed E-state index contributed by atoms with van der Waals surface area (Å²) in [5.41, 5.74) is 4.26. The fourth-order valence-corrected chi connectivity index (χ4v) is 6.78. The molecule has 2 aromatic carbocycles. The van der Waals surface area contributed by atoms with Gasteiger partial charge in [0.15, 0.2) is 9.84 Å². The molecule has 0 saturated carbocycles. The quantitative estimate of drug-likeness (QED) is 0.275. The van der Waals surface area contributed by atoms with Crippen LogP contribution in [0.2, 0.25) is 0 Å². The van der Waals surface area contributed by atoms with Crippen LogP contribution in [0.1, 0.15) is 37.8 Å². The van der Waals surface area contributed by atoms with E-state index >= 15 is 0 Å². The van der Waals surface area contributed by atoms with E-state index < -0.39 is 39.2 Å². The maximum atomic E-state index is 13.7. The summed E-state index contributed by atoms with van der Waals surface area (Å²) in [4.78, 5) is 27.8. The number of ether oxygens (including phenoxy) is 1. The van der Waals surface area contributed by atoms with Gasteiger partial charge in [0.05, 0.1) is 36.3 Å². The van der Waals surface area contributed by atoms with E-state index in [0.717, 1.165) is 16.1 Å². The Bertz CT molecular complexity index is 1360. The van der Waals surface area contributed by atoms with Crippen molar-refractivity contribution < 1.29 is 27.9 Å². The largest absolute Gasteiger partial charge is 0.493 e. The van der Waals surface area contributed by atoms with Crippen LogP contribution < -0.4 is 15.5 Å². The molecule has 3 rings (SSSR count). The number of likely N-dealkylation sites (N-methyl/N-ethyl adjacent to an activating group) is 1. The number of nitriles is 1. The summed E-state index contributed by atoms with van der Waals surface area (Å²) in [6.45, 7) is 3.87. The number of hydrogen-bond donors (Lipinski definition) is 3. The molecule has 0 aliphatic carbocycles. The first kappa shape index (κ1) is 33.0. The zero-order valence-electron chi connectivity index (χ0n) is 24.6. The lowest BCUT2D eigenvalue weighted by Gasteiger charge is -2.36. The van der Waals surface area contributed by atoms with Crippen molar-refractivity contribution in [3.8, 4) is 11.8 Å². The second-order valence-electron chi connectivity index (χ2n) is 11.0.